The topological polar surface area (TPSA) is 76.0 Å². The first-order valence-corrected chi connectivity index (χ1v) is 11.7. The summed E-state index contributed by atoms with van der Waals surface area (Å²) in [6.07, 6.45) is 0.975. The largest absolute Gasteiger partial charge is 0.368 e. The highest BCUT2D eigenvalue weighted by molar-refractivity contribution is 8.16. The maximum atomic E-state index is 12.4. The number of rotatable bonds is 2. The van der Waals surface area contributed by atoms with E-state index in [2.05, 4.69) is 4.99 Å². The minimum atomic E-state index is -3.13. The summed E-state index contributed by atoms with van der Waals surface area (Å²) in [6.45, 7) is 0.560. The Hall–Kier alpha value is -0.800. The summed E-state index contributed by atoms with van der Waals surface area (Å²) in [5, 5.41) is 1.16. The van der Waals surface area contributed by atoms with E-state index in [1.165, 1.54) is 11.8 Å². The zero-order chi connectivity index (χ0) is 18.5. The quantitative estimate of drug-likeness (QED) is 0.711. The Balaban J connectivity index is 1.72. The molecule has 10 heteroatoms. The van der Waals surface area contributed by atoms with Gasteiger partial charge in [-0.05, 0) is 31.0 Å². The number of amidine groups is 1. The van der Waals surface area contributed by atoms with Crippen molar-refractivity contribution in [3.8, 4) is 0 Å². The fourth-order valence-corrected chi connectivity index (χ4v) is 7.87. The van der Waals surface area contributed by atoms with Gasteiger partial charge >= 0.3 is 0 Å². The third-order valence-corrected chi connectivity index (χ3v) is 8.39. The van der Waals surface area contributed by atoms with Crippen LogP contribution in [-0.4, -0.2) is 55.0 Å². The highest BCUT2D eigenvalue weighted by atomic mass is 35.5. The van der Waals surface area contributed by atoms with E-state index >= 15 is 0 Å². The SMILES string of the molecule is O=C(N=C1S[C@@H]2CS(=O)(=O)C[C@@H]2N1c1ccc(Cl)cc1Cl)[C@H]1CCCO1. The van der Waals surface area contributed by atoms with Crippen LogP contribution >= 0.6 is 35.0 Å². The van der Waals surface area contributed by atoms with E-state index in [0.29, 0.717) is 33.9 Å². The third-order valence-electron chi connectivity index (χ3n) is 4.65. The number of anilines is 1. The van der Waals surface area contributed by atoms with E-state index < -0.39 is 15.9 Å². The van der Waals surface area contributed by atoms with Gasteiger partial charge in [-0.3, -0.25) is 4.79 Å². The minimum absolute atomic E-state index is 0.0107. The molecule has 0 N–H and O–H groups in total. The van der Waals surface area contributed by atoms with Crippen molar-refractivity contribution in [2.24, 2.45) is 4.99 Å². The van der Waals surface area contributed by atoms with Gasteiger partial charge in [0.15, 0.2) is 15.0 Å². The second-order valence-corrected chi connectivity index (χ2v) is 10.7. The number of hydrogen-bond donors (Lipinski definition) is 0. The molecule has 0 bridgehead atoms. The van der Waals surface area contributed by atoms with Crippen LogP contribution in [-0.2, 0) is 19.4 Å². The highest BCUT2D eigenvalue weighted by Gasteiger charge is 2.50. The van der Waals surface area contributed by atoms with Crippen LogP contribution in [0.3, 0.4) is 0 Å². The Morgan fingerprint density at radius 2 is 2.12 bits per heavy atom. The molecule has 3 atom stereocenters. The van der Waals surface area contributed by atoms with Gasteiger partial charge < -0.3 is 9.64 Å². The molecule has 1 aromatic carbocycles. The van der Waals surface area contributed by atoms with E-state index in [9.17, 15) is 13.2 Å². The number of thioether (sulfide) groups is 1. The first-order chi connectivity index (χ1) is 12.3. The van der Waals surface area contributed by atoms with Crippen LogP contribution in [0, 0.1) is 0 Å². The van der Waals surface area contributed by atoms with Crippen molar-refractivity contribution < 1.29 is 17.9 Å². The molecular weight excluding hydrogens is 419 g/mol. The fraction of sp³-hybridized carbons (Fsp3) is 0.500. The first-order valence-electron chi connectivity index (χ1n) is 8.19. The average Bonchev–Trinajstić information content (AvgIpc) is 3.23. The van der Waals surface area contributed by atoms with Gasteiger partial charge in [0.2, 0.25) is 0 Å². The van der Waals surface area contributed by atoms with Crippen LogP contribution in [0.4, 0.5) is 5.69 Å². The van der Waals surface area contributed by atoms with Gasteiger partial charge in [-0.1, -0.05) is 35.0 Å². The molecule has 3 fully saturated rings. The lowest BCUT2D eigenvalue weighted by Crippen LogP contribution is -2.38. The minimum Gasteiger partial charge on any atom is -0.368 e. The molecule has 140 valence electrons. The number of halogens is 2. The number of carbonyl (C=O) groups is 1. The number of ether oxygens (including phenoxy) is 1. The zero-order valence-corrected chi connectivity index (χ0v) is 16.7. The molecule has 0 aromatic heterocycles. The normalized spacial score (nSPS) is 31.5. The molecule has 3 saturated heterocycles. The predicted octanol–water partition coefficient (Wildman–Crippen LogP) is 2.77. The van der Waals surface area contributed by atoms with Gasteiger partial charge in [-0.2, -0.15) is 4.99 Å². The summed E-state index contributed by atoms with van der Waals surface area (Å²) in [5.41, 5.74) is 0.604. The second-order valence-electron chi connectivity index (χ2n) is 6.50. The number of hydrogen-bond acceptors (Lipinski definition) is 5. The van der Waals surface area contributed by atoms with Gasteiger partial charge in [0.1, 0.15) is 6.10 Å². The zero-order valence-electron chi connectivity index (χ0n) is 13.6. The Morgan fingerprint density at radius 3 is 2.81 bits per heavy atom. The van der Waals surface area contributed by atoms with Crippen LogP contribution in [0.2, 0.25) is 10.0 Å². The summed E-state index contributed by atoms with van der Waals surface area (Å²) < 4.78 is 29.6. The van der Waals surface area contributed by atoms with Crippen molar-refractivity contribution in [1.82, 2.24) is 0 Å². The predicted molar refractivity (Wildman–Crippen MR) is 104 cm³/mol. The summed E-state index contributed by atoms with van der Waals surface area (Å²) >= 11 is 13.6. The summed E-state index contributed by atoms with van der Waals surface area (Å²) in [6, 6.07) is 4.70. The molecule has 0 unspecified atom stereocenters. The van der Waals surface area contributed by atoms with Crippen LogP contribution in [0.15, 0.2) is 23.2 Å². The van der Waals surface area contributed by atoms with Gasteiger partial charge in [0, 0.05) is 16.9 Å². The molecule has 0 spiro atoms. The maximum absolute atomic E-state index is 12.4. The lowest BCUT2D eigenvalue weighted by molar-refractivity contribution is -0.126. The van der Waals surface area contributed by atoms with Gasteiger partial charge in [-0.15, -0.1) is 0 Å². The lowest BCUT2D eigenvalue weighted by atomic mass is 10.2. The fourth-order valence-electron chi connectivity index (χ4n) is 3.46. The van der Waals surface area contributed by atoms with Gasteiger partial charge in [0.05, 0.1) is 28.3 Å². The van der Waals surface area contributed by atoms with Crippen LogP contribution < -0.4 is 4.90 Å². The van der Waals surface area contributed by atoms with Crippen molar-refractivity contribution in [3.05, 3.63) is 28.2 Å². The van der Waals surface area contributed by atoms with Crippen LogP contribution in [0.1, 0.15) is 12.8 Å². The number of fused-ring (bicyclic) bond motifs is 1. The molecule has 6 nitrogen and oxygen atoms in total. The van der Waals surface area contributed by atoms with Crippen LogP contribution in [0.5, 0.6) is 0 Å². The molecule has 3 aliphatic rings. The number of aliphatic imine (C=N–C) groups is 1. The second kappa shape index (κ2) is 6.98. The molecule has 0 saturated carbocycles. The molecule has 1 amide bonds. The lowest BCUT2D eigenvalue weighted by Gasteiger charge is -2.25. The van der Waals surface area contributed by atoms with Gasteiger partial charge in [-0.25, -0.2) is 8.42 Å². The molecule has 3 heterocycles. The van der Waals surface area contributed by atoms with E-state index in [-0.39, 0.29) is 28.7 Å². The standard InChI is InChI=1S/C16H16Cl2N2O4S2/c17-9-3-4-11(10(18)6-9)20-12-7-26(22,23)8-14(12)25-16(20)19-15(21)13-2-1-5-24-13/h3-4,6,12-14H,1-2,5,7-8H2/t12-,13+,14+/m0/s1. The molecule has 3 aliphatic heterocycles. The summed E-state index contributed by atoms with van der Waals surface area (Å²) in [7, 11) is -3.13. The van der Waals surface area contributed by atoms with Crippen molar-refractivity contribution >= 4 is 61.6 Å². The third kappa shape index (κ3) is 3.49. The number of carbonyl (C=O) groups excluding carboxylic acids is 1. The Bertz CT molecular complexity index is 884. The molecule has 0 aliphatic carbocycles. The van der Waals surface area contributed by atoms with E-state index in [1.54, 1.807) is 23.1 Å². The Morgan fingerprint density at radius 1 is 1.31 bits per heavy atom. The smallest absolute Gasteiger partial charge is 0.277 e. The van der Waals surface area contributed by atoms with Crippen molar-refractivity contribution in [2.45, 2.75) is 30.2 Å². The van der Waals surface area contributed by atoms with Crippen molar-refractivity contribution in [2.75, 3.05) is 23.0 Å². The maximum Gasteiger partial charge on any atom is 0.277 e. The van der Waals surface area contributed by atoms with Crippen molar-refractivity contribution in [3.63, 3.8) is 0 Å². The molecule has 0 radical (unpaired) electrons. The van der Waals surface area contributed by atoms with Crippen molar-refractivity contribution in [1.29, 1.82) is 0 Å². The number of amides is 1. The monoisotopic (exact) mass is 434 g/mol. The molecule has 4 rings (SSSR count). The first kappa shape index (κ1) is 18.6. The van der Waals surface area contributed by atoms with Crippen LogP contribution in [0.25, 0.3) is 0 Å². The average molecular weight is 435 g/mol. The Kier molecular flexibility index (Phi) is 4.98. The molecule has 26 heavy (non-hydrogen) atoms. The number of benzene rings is 1. The summed E-state index contributed by atoms with van der Waals surface area (Å²) in [5.74, 6) is -0.253. The Labute approximate surface area is 165 Å². The van der Waals surface area contributed by atoms with E-state index in [4.69, 9.17) is 27.9 Å². The summed E-state index contributed by atoms with van der Waals surface area (Å²) in [4.78, 5) is 18.5. The van der Waals surface area contributed by atoms with Gasteiger partial charge in [0.25, 0.3) is 5.91 Å². The highest BCUT2D eigenvalue weighted by Crippen LogP contribution is 2.43. The molecular formula is C16H16Cl2N2O4S2. The van der Waals surface area contributed by atoms with E-state index in [1.807, 2.05) is 0 Å². The number of sulfone groups is 1. The number of nitrogens with zero attached hydrogens (tertiary/aromatic N) is 2. The van der Waals surface area contributed by atoms with E-state index in [0.717, 1.165) is 6.42 Å². The molecule has 1 aromatic rings.